The van der Waals surface area contributed by atoms with Crippen molar-refractivity contribution in [2.24, 2.45) is 0 Å². The second kappa shape index (κ2) is 9.01. The van der Waals surface area contributed by atoms with Crippen LogP contribution < -0.4 is 10.1 Å². The van der Waals surface area contributed by atoms with Gasteiger partial charge in [-0.05, 0) is 38.1 Å². The molecule has 7 heteroatoms. The fourth-order valence-corrected chi connectivity index (χ4v) is 2.64. The minimum absolute atomic E-state index is 0.120. The first-order valence-electron chi connectivity index (χ1n) is 8.58. The summed E-state index contributed by atoms with van der Waals surface area (Å²) in [5.74, 6) is 0.287. The van der Waals surface area contributed by atoms with Crippen molar-refractivity contribution in [2.75, 3.05) is 53.0 Å². The van der Waals surface area contributed by atoms with Crippen molar-refractivity contribution in [3.63, 3.8) is 0 Å². The predicted octanol–water partition coefficient (Wildman–Crippen LogP) is 1.96. The highest BCUT2D eigenvalue weighted by Gasteiger charge is 2.28. The maximum Gasteiger partial charge on any atom is 0.317 e. The van der Waals surface area contributed by atoms with Gasteiger partial charge in [0.2, 0.25) is 0 Å². The summed E-state index contributed by atoms with van der Waals surface area (Å²) in [5, 5.41) is 2.98. The number of carbonyl (C=O) groups excluding carboxylic acids is 1. The number of likely N-dealkylation sites (N-methyl/N-ethyl adjacent to an activating group) is 1. The Morgan fingerprint density at radius 3 is 2.60 bits per heavy atom. The van der Waals surface area contributed by atoms with Crippen LogP contribution in [0, 0.1) is 5.82 Å². The fourth-order valence-electron chi connectivity index (χ4n) is 2.64. The van der Waals surface area contributed by atoms with Crippen LogP contribution in [0.2, 0.25) is 0 Å². The van der Waals surface area contributed by atoms with Crippen molar-refractivity contribution < 1.29 is 18.7 Å². The SMILES string of the molecule is CN(CCOc1ccc(F)cc1)C(=O)NCC(C)(C)N1CCOCC1. The van der Waals surface area contributed by atoms with Gasteiger partial charge in [0.1, 0.15) is 18.2 Å². The Bertz CT molecular complexity index is 545. The van der Waals surface area contributed by atoms with E-state index in [0.717, 1.165) is 26.3 Å². The minimum atomic E-state index is -0.299. The fraction of sp³-hybridized carbons (Fsp3) is 0.611. The van der Waals surface area contributed by atoms with E-state index in [0.29, 0.717) is 25.4 Å². The van der Waals surface area contributed by atoms with Crippen LogP contribution >= 0.6 is 0 Å². The molecular weight excluding hydrogens is 325 g/mol. The van der Waals surface area contributed by atoms with E-state index in [1.54, 1.807) is 24.1 Å². The van der Waals surface area contributed by atoms with Gasteiger partial charge in [0.05, 0.1) is 19.8 Å². The number of nitrogens with one attached hydrogen (secondary N) is 1. The first kappa shape index (κ1) is 19.5. The Balaban J connectivity index is 1.69. The lowest BCUT2D eigenvalue weighted by Crippen LogP contribution is -2.56. The van der Waals surface area contributed by atoms with Crippen molar-refractivity contribution >= 4 is 6.03 Å². The number of hydrogen-bond acceptors (Lipinski definition) is 4. The number of amides is 2. The van der Waals surface area contributed by atoms with Crippen molar-refractivity contribution in [3.05, 3.63) is 30.1 Å². The average Bonchev–Trinajstić information content (AvgIpc) is 2.62. The van der Waals surface area contributed by atoms with Crippen LogP contribution in [0.5, 0.6) is 5.75 Å². The first-order chi connectivity index (χ1) is 11.9. The second-order valence-corrected chi connectivity index (χ2v) is 6.79. The van der Waals surface area contributed by atoms with Gasteiger partial charge in [-0.25, -0.2) is 9.18 Å². The first-order valence-corrected chi connectivity index (χ1v) is 8.58. The lowest BCUT2D eigenvalue weighted by Gasteiger charge is -2.41. The molecule has 1 N–H and O–H groups in total. The van der Waals surface area contributed by atoms with E-state index in [4.69, 9.17) is 9.47 Å². The van der Waals surface area contributed by atoms with E-state index in [1.165, 1.54) is 12.1 Å². The summed E-state index contributed by atoms with van der Waals surface area (Å²) in [5.41, 5.74) is -0.120. The summed E-state index contributed by atoms with van der Waals surface area (Å²) < 4.78 is 23.7. The number of hydrogen-bond donors (Lipinski definition) is 1. The van der Waals surface area contributed by atoms with Crippen LogP contribution in [-0.2, 0) is 4.74 Å². The summed E-state index contributed by atoms with van der Waals surface area (Å²) >= 11 is 0. The molecule has 1 aromatic rings. The Morgan fingerprint density at radius 1 is 1.32 bits per heavy atom. The summed E-state index contributed by atoms with van der Waals surface area (Å²) in [6.45, 7) is 8.83. The smallest absolute Gasteiger partial charge is 0.317 e. The van der Waals surface area contributed by atoms with Gasteiger partial charge < -0.3 is 19.7 Å². The molecule has 1 heterocycles. The standard InChI is InChI=1S/C18H28FN3O3/c1-18(2,22-9-11-24-12-10-22)14-20-17(23)21(3)8-13-25-16-6-4-15(19)5-7-16/h4-7H,8-14H2,1-3H3,(H,20,23). The van der Waals surface area contributed by atoms with Gasteiger partial charge >= 0.3 is 6.03 Å². The van der Waals surface area contributed by atoms with Crippen LogP contribution in [0.4, 0.5) is 9.18 Å². The molecule has 0 spiro atoms. The highest BCUT2D eigenvalue weighted by molar-refractivity contribution is 5.73. The molecular formula is C18H28FN3O3. The summed E-state index contributed by atoms with van der Waals surface area (Å²) in [4.78, 5) is 16.1. The molecule has 140 valence electrons. The molecule has 1 aliphatic heterocycles. The molecule has 25 heavy (non-hydrogen) atoms. The van der Waals surface area contributed by atoms with Gasteiger partial charge in [-0.15, -0.1) is 0 Å². The van der Waals surface area contributed by atoms with Crippen molar-refractivity contribution in [1.29, 1.82) is 0 Å². The third kappa shape index (κ3) is 6.17. The molecule has 1 aliphatic rings. The molecule has 1 fully saturated rings. The Hall–Kier alpha value is -1.86. The molecule has 0 saturated carbocycles. The zero-order chi connectivity index (χ0) is 18.3. The third-order valence-electron chi connectivity index (χ3n) is 4.40. The number of urea groups is 1. The van der Waals surface area contributed by atoms with Crippen LogP contribution in [0.25, 0.3) is 0 Å². The number of halogens is 1. The zero-order valence-electron chi connectivity index (χ0n) is 15.3. The number of rotatable bonds is 7. The molecule has 0 bridgehead atoms. The summed E-state index contributed by atoms with van der Waals surface area (Å²) in [6.07, 6.45) is 0. The van der Waals surface area contributed by atoms with Gasteiger partial charge in [-0.3, -0.25) is 4.90 Å². The topological polar surface area (TPSA) is 54.0 Å². The van der Waals surface area contributed by atoms with Gasteiger partial charge in [-0.2, -0.15) is 0 Å². The maximum absolute atomic E-state index is 12.8. The lowest BCUT2D eigenvalue weighted by atomic mass is 10.0. The molecule has 1 aromatic carbocycles. The van der Waals surface area contributed by atoms with Crippen molar-refractivity contribution in [2.45, 2.75) is 19.4 Å². The average molecular weight is 353 g/mol. The van der Waals surface area contributed by atoms with Crippen LogP contribution in [0.1, 0.15) is 13.8 Å². The van der Waals surface area contributed by atoms with Gasteiger partial charge in [0.15, 0.2) is 0 Å². The minimum Gasteiger partial charge on any atom is -0.492 e. The molecule has 2 amide bonds. The largest absolute Gasteiger partial charge is 0.492 e. The zero-order valence-corrected chi connectivity index (χ0v) is 15.3. The highest BCUT2D eigenvalue weighted by Crippen LogP contribution is 2.15. The molecule has 0 aliphatic carbocycles. The summed E-state index contributed by atoms with van der Waals surface area (Å²) in [6, 6.07) is 5.70. The maximum atomic E-state index is 12.8. The Morgan fingerprint density at radius 2 is 1.96 bits per heavy atom. The lowest BCUT2D eigenvalue weighted by molar-refractivity contribution is -0.00900. The Labute approximate surface area is 148 Å². The van der Waals surface area contributed by atoms with E-state index >= 15 is 0 Å². The van der Waals surface area contributed by atoms with Crippen LogP contribution in [0.15, 0.2) is 24.3 Å². The summed E-state index contributed by atoms with van der Waals surface area (Å²) in [7, 11) is 1.73. The molecule has 2 rings (SSSR count). The van der Waals surface area contributed by atoms with E-state index in [-0.39, 0.29) is 17.4 Å². The molecule has 1 saturated heterocycles. The third-order valence-corrected chi connectivity index (χ3v) is 4.40. The number of nitrogens with zero attached hydrogens (tertiary/aromatic N) is 2. The molecule has 0 unspecified atom stereocenters. The molecule has 0 radical (unpaired) electrons. The monoisotopic (exact) mass is 353 g/mol. The van der Waals surface area contributed by atoms with E-state index in [9.17, 15) is 9.18 Å². The molecule has 0 atom stereocenters. The predicted molar refractivity (Wildman–Crippen MR) is 94.4 cm³/mol. The molecule has 6 nitrogen and oxygen atoms in total. The van der Waals surface area contributed by atoms with Crippen molar-refractivity contribution in [1.82, 2.24) is 15.1 Å². The number of benzene rings is 1. The van der Waals surface area contributed by atoms with Gasteiger partial charge in [0, 0.05) is 32.2 Å². The van der Waals surface area contributed by atoms with Crippen molar-refractivity contribution in [3.8, 4) is 5.75 Å². The number of morpholine rings is 1. The van der Waals surface area contributed by atoms with E-state index in [2.05, 4.69) is 24.1 Å². The second-order valence-electron chi connectivity index (χ2n) is 6.79. The van der Waals surface area contributed by atoms with Crippen LogP contribution in [-0.4, -0.2) is 74.4 Å². The highest BCUT2D eigenvalue weighted by atomic mass is 19.1. The quantitative estimate of drug-likeness (QED) is 0.814. The normalized spacial score (nSPS) is 15.7. The van der Waals surface area contributed by atoms with Crippen LogP contribution in [0.3, 0.4) is 0 Å². The Kier molecular flexibility index (Phi) is 7.01. The number of carbonyl (C=O) groups is 1. The van der Waals surface area contributed by atoms with E-state index in [1.807, 2.05) is 0 Å². The molecule has 0 aromatic heterocycles. The van der Waals surface area contributed by atoms with Gasteiger partial charge in [0.25, 0.3) is 0 Å². The van der Waals surface area contributed by atoms with E-state index < -0.39 is 0 Å². The van der Waals surface area contributed by atoms with Gasteiger partial charge in [-0.1, -0.05) is 0 Å². The number of ether oxygens (including phenoxy) is 2.